The number of hydrogen-bond donors (Lipinski definition) is 0. The van der Waals surface area contributed by atoms with E-state index in [2.05, 4.69) is 20.5 Å². The molecule has 0 atom stereocenters. The second-order valence-electron chi connectivity index (χ2n) is 4.66. The number of hydrogen-bond acceptors (Lipinski definition) is 6. The molecular weight excluding hydrogens is 270 g/mol. The van der Waals surface area contributed by atoms with E-state index >= 15 is 0 Å². The van der Waals surface area contributed by atoms with E-state index in [1.807, 2.05) is 25.1 Å². The highest BCUT2D eigenvalue weighted by molar-refractivity contribution is 5.62. The zero-order chi connectivity index (χ0) is 14.2. The van der Waals surface area contributed by atoms with Gasteiger partial charge in [0, 0.05) is 11.6 Å². The lowest BCUT2D eigenvalue weighted by molar-refractivity contribution is 0.173. The van der Waals surface area contributed by atoms with Crippen LogP contribution in [0, 0.1) is 6.92 Å². The Balaban J connectivity index is 1.86. The van der Waals surface area contributed by atoms with Crippen LogP contribution in [0.1, 0.15) is 5.56 Å². The summed E-state index contributed by atoms with van der Waals surface area (Å²) in [6, 6.07) is 5.74. The predicted octanol–water partition coefficient (Wildman–Crippen LogP) is 1.76. The molecule has 0 saturated heterocycles. The molecule has 1 aliphatic heterocycles. The molecule has 0 spiro atoms. The van der Waals surface area contributed by atoms with E-state index < -0.39 is 0 Å². The van der Waals surface area contributed by atoms with Gasteiger partial charge in [-0.2, -0.15) is 10.2 Å². The van der Waals surface area contributed by atoms with Crippen molar-refractivity contribution >= 4 is 0 Å². The maximum atomic E-state index is 5.46. The number of fused-ring (bicyclic) bond motifs is 1. The van der Waals surface area contributed by atoms with Crippen molar-refractivity contribution in [2.24, 2.45) is 0 Å². The molecule has 2 aromatic heterocycles. The minimum absolute atomic E-state index is 0.248. The van der Waals surface area contributed by atoms with Crippen LogP contribution in [0.5, 0.6) is 11.5 Å². The SMILES string of the molecule is Cc1cc(-n2nncc2-c2ccnnc2)cc2c1OCO2. The smallest absolute Gasteiger partial charge is 0.231 e. The van der Waals surface area contributed by atoms with Crippen LogP contribution in [0.3, 0.4) is 0 Å². The second-order valence-corrected chi connectivity index (χ2v) is 4.66. The van der Waals surface area contributed by atoms with Gasteiger partial charge in [-0.1, -0.05) is 5.21 Å². The van der Waals surface area contributed by atoms with Gasteiger partial charge in [0.25, 0.3) is 0 Å². The molecule has 0 amide bonds. The van der Waals surface area contributed by atoms with Gasteiger partial charge in [-0.15, -0.1) is 5.10 Å². The Morgan fingerprint density at radius 1 is 1.10 bits per heavy atom. The van der Waals surface area contributed by atoms with Gasteiger partial charge in [0.1, 0.15) is 0 Å². The zero-order valence-electron chi connectivity index (χ0n) is 11.2. The highest BCUT2D eigenvalue weighted by Gasteiger charge is 2.19. The van der Waals surface area contributed by atoms with Crippen LogP contribution < -0.4 is 9.47 Å². The summed E-state index contributed by atoms with van der Waals surface area (Å²) < 4.78 is 12.6. The lowest BCUT2D eigenvalue weighted by Gasteiger charge is -2.08. The Morgan fingerprint density at radius 3 is 2.90 bits per heavy atom. The quantitative estimate of drug-likeness (QED) is 0.712. The fraction of sp³-hybridized carbons (Fsp3) is 0.143. The number of rotatable bonds is 2. The van der Waals surface area contributed by atoms with Crippen LogP contribution in [-0.2, 0) is 0 Å². The molecule has 1 aliphatic rings. The van der Waals surface area contributed by atoms with E-state index in [4.69, 9.17) is 9.47 Å². The van der Waals surface area contributed by atoms with Crippen molar-refractivity contribution in [1.29, 1.82) is 0 Å². The Hall–Kier alpha value is -2.96. The molecule has 0 unspecified atom stereocenters. The van der Waals surface area contributed by atoms with E-state index in [0.29, 0.717) is 0 Å². The summed E-state index contributed by atoms with van der Waals surface area (Å²) in [5, 5.41) is 15.8. The van der Waals surface area contributed by atoms with E-state index in [0.717, 1.165) is 34.0 Å². The highest BCUT2D eigenvalue weighted by atomic mass is 16.7. The van der Waals surface area contributed by atoms with Gasteiger partial charge in [-0.25, -0.2) is 4.68 Å². The molecule has 0 radical (unpaired) electrons. The van der Waals surface area contributed by atoms with Crippen molar-refractivity contribution in [2.75, 3.05) is 6.79 Å². The first-order valence-electron chi connectivity index (χ1n) is 6.41. The number of ether oxygens (including phenoxy) is 2. The number of benzene rings is 1. The van der Waals surface area contributed by atoms with Gasteiger partial charge in [0.05, 0.1) is 30.0 Å². The zero-order valence-corrected chi connectivity index (χ0v) is 11.2. The molecule has 0 bridgehead atoms. The fourth-order valence-corrected chi connectivity index (χ4v) is 2.35. The molecule has 3 heterocycles. The van der Waals surface area contributed by atoms with Gasteiger partial charge < -0.3 is 9.47 Å². The van der Waals surface area contributed by atoms with Gasteiger partial charge in [-0.3, -0.25) is 0 Å². The third kappa shape index (κ3) is 1.90. The molecule has 104 valence electrons. The number of nitrogens with zero attached hydrogens (tertiary/aromatic N) is 5. The Morgan fingerprint density at radius 2 is 2.05 bits per heavy atom. The van der Waals surface area contributed by atoms with Crippen LogP contribution in [0.4, 0.5) is 0 Å². The molecule has 0 saturated carbocycles. The minimum Gasteiger partial charge on any atom is -0.454 e. The van der Waals surface area contributed by atoms with Crippen LogP contribution in [-0.4, -0.2) is 32.0 Å². The van der Waals surface area contributed by atoms with Crippen molar-refractivity contribution in [3.63, 3.8) is 0 Å². The lowest BCUT2D eigenvalue weighted by atomic mass is 10.1. The first-order chi connectivity index (χ1) is 10.3. The Labute approximate surface area is 120 Å². The average molecular weight is 281 g/mol. The summed E-state index contributed by atoms with van der Waals surface area (Å²) in [6.07, 6.45) is 5.00. The molecule has 0 N–H and O–H groups in total. The summed E-state index contributed by atoms with van der Waals surface area (Å²) in [4.78, 5) is 0. The maximum Gasteiger partial charge on any atom is 0.231 e. The van der Waals surface area contributed by atoms with Crippen LogP contribution in [0.2, 0.25) is 0 Å². The highest BCUT2D eigenvalue weighted by Crippen LogP contribution is 2.37. The molecule has 1 aromatic carbocycles. The third-order valence-electron chi connectivity index (χ3n) is 3.32. The first kappa shape index (κ1) is 11.8. The summed E-state index contributed by atoms with van der Waals surface area (Å²) >= 11 is 0. The van der Waals surface area contributed by atoms with Crippen molar-refractivity contribution in [3.8, 4) is 28.4 Å². The van der Waals surface area contributed by atoms with Crippen molar-refractivity contribution in [1.82, 2.24) is 25.2 Å². The normalized spacial score (nSPS) is 12.6. The molecular formula is C14H11N5O2. The van der Waals surface area contributed by atoms with E-state index in [1.165, 1.54) is 0 Å². The second kappa shape index (κ2) is 4.55. The Bertz CT molecular complexity index is 800. The van der Waals surface area contributed by atoms with E-state index in [-0.39, 0.29) is 6.79 Å². The summed E-state index contributed by atoms with van der Waals surface area (Å²) in [5.74, 6) is 1.50. The number of aryl methyl sites for hydroxylation is 1. The van der Waals surface area contributed by atoms with Gasteiger partial charge in [0.2, 0.25) is 6.79 Å². The van der Waals surface area contributed by atoms with Crippen LogP contribution >= 0.6 is 0 Å². The van der Waals surface area contributed by atoms with Gasteiger partial charge in [0.15, 0.2) is 11.5 Å². The summed E-state index contributed by atoms with van der Waals surface area (Å²) in [5.41, 5.74) is 3.59. The van der Waals surface area contributed by atoms with Gasteiger partial charge >= 0.3 is 0 Å². The largest absolute Gasteiger partial charge is 0.454 e. The average Bonchev–Trinajstić information content (AvgIpc) is 3.17. The third-order valence-corrected chi connectivity index (χ3v) is 3.32. The first-order valence-corrected chi connectivity index (χ1v) is 6.41. The van der Waals surface area contributed by atoms with Crippen molar-refractivity contribution in [2.45, 2.75) is 6.92 Å². The van der Waals surface area contributed by atoms with Crippen molar-refractivity contribution < 1.29 is 9.47 Å². The fourth-order valence-electron chi connectivity index (χ4n) is 2.35. The summed E-state index contributed by atoms with van der Waals surface area (Å²) in [6.45, 7) is 2.22. The summed E-state index contributed by atoms with van der Waals surface area (Å²) in [7, 11) is 0. The maximum absolute atomic E-state index is 5.46. The molecule has 0 aliphatic carbocycles. The minimum atomic E-state index is 0.248. The van der Waals surface area contributed by atoms with Crippen LogP contribution in [0.25, 0.3) is 16.9 Å². The predicted molar refractivity (Wildman–Crippen MR) is 73.2 cm³/mol. The molecule has 21 heavy (non-hydrogen) atoms. The monoisotopic (exact) mass is 281 g/mol. The standard InChI is InChI=1S/C14H11N5O2/c1-9-4-11(5-13-14(9)21-8-20-13)19-12(7-17-18-19)10-2-3-15-16-6-10/h2-7H,8H2,1H3. The molecule has 0 fully saturated rings. The van der Waals surface area contributed by atoms with Gasteiger partial charge in [-0.05, 0) is 24.6 Å². The molecule has 4 rings (SSSR count). The lowest BCUT2D eigenvalue weighted by Crippen LogP contribution is -2.00. The van der Waals surface area contributed by atoms with Crippen molar-refractivity contribution in [3.05, 3.63) is 42.4 Å². The molecule has 7 heteroatoms. The van der Waals surface area contributed by atoms with Crippen LogP contribution in [0.15, 0.2) is 36.8 Å². The Kier molecular flexibility index (Phi) is 2.56. The van der Waals surface area contributed by atoms with E-state index in [9.17, 15) is 0 Å². The molecule has 7 nitrogen and oxygen atoms in total. The topological polar surface area (TPSA) is 75.0 Å². The number of aromatic nitrogens is 5. The molecule has 3 aromatic rings. The van der Waals surface area contributed by atoms with E-state index in [1.54, 1.807) is 23.3 Å².